The Bertz CT molecular complexity index is 428. The van der Waals surface area contributed by atoms with Crippen molar-refractivity contribution in [1.29, 1.82) is 0 Å². The zero-order valence-electron chi connectivity index (χ0n) is 11.8. The first kappa shape index (κ1) is 13.3. The highest BCUT2D eigenvalue weighted by Gasteiger charge is 2.25. The topological polar surface area (TPSA) is 34.9 Å². The fourth-order valence-corrected chi connectivity index (χ4v) is 3.02. The number of rotatable bonds is 3. The minimum absolute atomic E-state index is 0.200. The van der Waals surface area contributed by atoms with Crippen LogP contribution in [0.15, 0.2) is 0 Å². The molecule has 100 valence electrons. The molecule has 1 aliphatic carbocycles. The number of carbonyl (C=O) groups excluding carboxylic acids is 1. The van der Waals surface area contributed by atoms with E-state index >= 15 is 0 Å². The molecule has 0 N–H and O–H groups in total. The summed E-state index contributed by atoms with van der Waals surface area (Å²) in [7, 11) is 0. The average Bonchev–Trinajstić information content (AvgIpc) is 2.67. The highest BCUT2D eigenvalue weighted by molar-refractivity contribution is 5.81. The van der Waals surface area contributed by atoms with Crippen LogP contribution in [-0.4, -0.2) is 15.7 Å². The lowest BCUT2D eigenvalue weighted by molar-refractivity contribution is 0.0781. The van der Waals surface area contributed by atoms with E-state index in [1.54, 1.807) is 4.68 Å². The molecule has 0 unspecified atom stereocenters. The average molecular weight is 248 g/mol. The third-order valence-corrected chi connectivity index (χ3v) is 4.10. The molecule has 0 atom stereocenters. The normalized spacial score (nSPS) is 17.1. The smallest absolute Gasteiger partial charge is 0.250 e. The van der Waals surface area contributed by atoms with E-state index in [0.29, 0.717) is 0 Å². The summed E-state index contributed by atoms with van der Waals surface area (Å²) >= 11 is 0. The van der Waals surface area contributed by atoms with Gasteiger partial charge in [0.25, 0.3) is 0 Å². The predicted molar refractivity (Wildman–Crippen MR) is 72.9 cm³/mol. The van der Waals surface area contributed by atoms with Crippen LogP contribution in [0.2, 0.25) is 0 Å². The minimum atomic E-state index is 0.200. The molecule has 18 heavy (non-hydrogen) atoms. The van der Waals surface area contributed by atoms with Gasteiger partial charge in [0.1, 0.15) is 0 Å². The molecular formula is C15H24N2O. The molecular weight excluding hydrogens is 224 g/mol. The molecule has 0 spiro atoms. The Morgan fingerprint density at radius 3 is 2.56 bits per heavy atom. The Morgan fingerprint density at radius 2 is 1.94 bits per heavy atom. The number of carbonyl (C=O) groups is 1. The van der Waals surface area contributed by atoms with E-state index in [-0.39, 0.29) is 11.8 Å². The van der Waals surface area contributed by atoms with Crippen molar-refractivity contribution in [1.82, 2.24) is 9.78 Å². The van der Waals surface area contributed by atoms with Crippen LogP contribution < -0.4 is 0 Å². The van der Waals surface area contributed by atoms with E-state index in [4.69, 9.17) is 0 Å². The SMILES string of the molecule is CCCc1c(C)nn(C(=O)C2CCCCC2)c1C. The lowest BCUT2D eigenvalue weighted by Crippen LogP contribution is -2.25. The molecule has 1 aliphatic rings. The summed E-state index contributed by atoms with van der Waals surface area (Å²) < 4.78 is 1.68. The molecule has 0 aliphatic heterocycles. The maximum Gasteiger partial charge on any atom is 0.250 e. The van der Waals surface area contributed by atoms with Crippen molar-refractivity contribution in [3.05, 3.63) is 17.0 Å². The van der Waals surface area contributed by atoms with Crippen molar-refractivity contribution >= 4 is 5.91 Å². The van der Waals surface area contributed by atoms with E-state index in [0.717, 1.165) is 37.1 Å². The monoisotopic (exact) mass is 248 g/mol. The highest BCUT2D eigenvalue weighted by Crippen LogP contribution is 2.26. The van der Waals surface area contributed by atoms with Crippen LogP contribution in [-0.2, 0) is 6.42 Å². The number of aryl methyl sites for hydroxylation is 1. The van der Waals surface area contributed by atoms with Crippen molar-refractivity contribution < 1.29 is 4.79 Å². The van der Waals surface area contributed by atoms with Gasteiger partial charge in [-0.1, -0.05) is 32.6 Å². The summed E-state index contributed by atoms with van der Waals surface area (Å²) in [5.74, 6) is 0.420. The second-order valence-corrected chi connectivity index (χ2v) is 5.48. The van der Waals surface area contributed by atoms with E-state index < -0.39 is 0 Å². The summed E-state index contributed by atoms with van der Waals surface area (Å²) in [4.78, 5) is 12.5. The minimum Gasteiger partial charge on any atom is -0.272 e. The first-order valence-corrected chi connectivity index (χ1v) is 7.24. The molecule has 0 aromatic carbocycles. The Kier molecular flexibility index (Phi) is 4.20. The van der Waals surface area contributed by atoms with Gasteiger partial charge in [0, 0.05) is 11.6 Å². The number of nitrogens with zero attached hydrogens (tertiary/aromatic N) is 2. The summed E-state index contributed by atoms with van der Waals surface area (Å²) in [6.45, 7) is 6.22. The van der Waals surface area contributed by atoms with E-state index in [1.165, 1.54) is 24.8 Å². The van der Waals surface area contributed by atoms with Gasteiger partial charge in [-0.15, -0.1) is 0 Å². The molecule has 3 nitrogen and oxygen atoms in total. The van der Waals surface area contributed by atoms with Crippen LogP contribution in [0.25, 0.3) is 0 Å². The summed E-state index contributed by atoms with van der Waals surface area (Å²) in [6.07, 6.45) is 7.87. The van der Waals surface area contributed by atoms with Gasteiger partial charge < -0.3 is 0 Å². The Labute approximate surface area is 110 Å². The zero-order chi connectivity index (χ0) is 13.1. The molecule has 1 aromatic heterocycles. The zero-order valence-corrected chi connectivity index (χ0v) is 11.8. The van der Waals surface area contributed by atoms with E-state index in [9.17, 15) is 4.79 Å². The molecule has 2 rings (SSSR count). The molecule has 0 bridgehead atoms. The quantitative estimate of drug-likeness (QED) is 0.818. The van der Waals surface area contributed by atoms with Crippen molar-refractivity contribution in [2.45, 2.75) is 65.7 Å². The first-order chi connectivity index (χ1) is 8.65. The van der Waals surface area contributed by atoms with E-state index in [1.807, 2.05) is 13.8 Å². The predicted octanol–water partition coefficient (Wildman–Crippen LogP) is 3.67. The van der Waals surface area contributed by atoms with Crippen LogP contribution in [0, 0.1) is 19.8 Å². The van der Waals surface area contributed by atoms with Crippen molar-refractivity contribution in [2.75, 3.05) is 0 Å². The van der Waals surface area contributed by atoms with Crippen molar-refractivity contribution in [3.8, 4) is 0 Å². The molecule has 3 heteroatoms. The Hall–Kier alpha value is -1.12. The summed E-state index contributed by atoms with van der Waals surface area (Å²) in [5, 5.41) is 4.47. The Balaban J connectivity index is 2.22. The largest absolute Gasteiger partial charge is 0.272 e. The van der Waals surface area contributed by atoms with Crippen LogP contribution in [0.1, 0.15) is 67.2 Å². The standard InChI is InChI=1S/C15H24N2O/c1-4-8-14-11(2)16-17(12(14)3)15(18)13-9-6-5-7-10-13/h13H,4-10H2,1-3H3. The van der Waals surface area contributed by atoms with Crippen LogP contribution >= 0.6 is 0 Å². The number of hydrogen-bond donors (Lipinski definition) is 0. The molecule has 1 fully saturated rings. The lowest BCUT2D eigenvalue weighted by atomic mass is 9.88. The maximum atomic E-state index is 12.5. The van der Waals surface area contributed by atoms with Gasteiger partial charge in [0.2, 0.25) is 5.91 Å². The van der Waals surface area contributed by atoms with Crippen molar-refractivity contribution in [3.63, 3.8) is 0 Å². The maximum absolute atomic E-state index is 12.5. The van der Waals surface area contributed by atoms with Crippen molar-refractivity contribution in [2.24, 2.45) is 5.92 Å². The second-order valence-electron chi connectivity index (χ2n) is 5.48. The van der Waals surface area contributed by atoms with Gasteiger partial charge >= 0.3 is 0 Å². The third-order valence-electron chi connectivity index (χ3n) is 4.10. The fourth-order valence-electron chi connectivity index (χ4n) is 3.02. The van der Waals surface area contributed by atoms with Crippen LogP contribution in [0.5, 0.6) is 0 Å². The van der Waals surface area contributed by atoms with Gasteiger partial charge in [-0.25, -0.2) is 4.68 Å². The first-order valence-electron chi connectivity index (χ1n) is 7.24. The Morgan fingerprint density at radius 1 is 1.28 bits per heavy atom. The van der Waals surface area contributed by atoms with E-state index in [2.05, 4.69) is 12.0 Å². The number of aromatic nitrogens is 2. The third kappa shape index (κ3) is 2.50. The molecule has 0 radical (unpaired) electrons. The van der Waals surface area contributed by atoms with Gasteiger partial charge in [0.15, 0.2) is 0 Å². The van der Waals surface area contributed by atoms with Gasteiger partial charge in [0.05, 0.1) is 5.69 Å². The summed E-state index contributed by atoms with van der Waals surface area (Å²) in [6, 6.07) is 0. The molecule has 1 saturated carbocycles. The molecule has 1 heterocycles. The highest BCUT2D eigenvalue weighted by atomic mass is 16.2. The van der Waals surface area contributed by atoms with Gasteiger partial charge in [-0.2, -0.15) is 5.10 Å². The fraction of sp³-hybridized carbons (Fsp3) is 0.733. The molecule has 1 aromatic rings. The summed E-state index contributed by atoms with van der Waals surface area (Å²) in [5.41, 5.74) is 3.35. The second kappa shape index (κ2) is 5.68. The lowest BCUT2D eigenvalue weighted by Gasteiger charge is -2.20. The van der Waals surface area contributed by atoms with Crippen LogP contribution in [0.3, 0.4) is 0 Å². The van der Waals surface area contributed by atoms with Gasteiger partial charge in [-0.05, 0) is 38.7 Å². The number of hydrogen-bond acceptors (Lipinski definition) is 2. The van der Waals surface area contributed by atoms with Crippen LogP contribution in [0.4, 0.5) is 0 Å². The molecule has 0 saturated heterocycles. The van der Waals surface area contributed by atoms with Gasteiger partial charge in [-0.3, -0.25) is 4.79 Å². The molecule has 0 amide bonds.